The number of piperidine rings is 1. The van der Waals surface area contributed by atoms with Gasteiger partial charge in [0.15, 0.2) is 0 Å². The van der Waals surface area contributed by atoms with Crippen molar-refractivity contribution in [3.8, 4) is 5.75 Å². The van der Waals surface area contributed by atoms with Gasteiger partial charge in [-0.15, -0.1) is 0 Å². The maximum Gasteiger partial charge on any atom is 0.146 e. The summed E-state index contributed by atoms with van der Waals surface area (Å²) in [6.45, 7) is 7.76. The fourth-order valence-electron chi connectivity index (χ4n) is 2.87. The zero-order valence-corrected chi connectivity index (χ0v) is 12.7. The van der Waals surface area contributed by atoms with E-state index < -0.39 is 0 Å². The number of nitrogens with zero attached hydrogens (tertiary/aromatic N) is 1. The largest absolute Gasteiger partial charge is 0.497 e. The molecule has 1 fully saturated rings. The number of halogens is 1. The van der Waals surface area contributed by atoms with Crippen LogP contribution in [-0.2, 0) is 0 Å². The molecule has 4 heteroatoms. The number of nitrogens with one attached hydrogen (secondary N) is 1. The quantitative estimate of drug-likeness (QED) is 0.895. The first kappa shape index (κ1) is 15.1. The smallest absolute Gasteiger partial charge is 0.146 e. The number of benzene rings is 1. The monoisotopic (exact) mass is 280 g/mol. The summed E-state index contributed by atoms with van der Waals surface area (Å²) in [5, 5.41) is 3.31. The molecule has 0 aliphatic carbocycles. The molecule has 1 unspecified atom stereocenters. The molecular formula is C16H25FN2O. The van der Waals surface area contributed by atoms with E-state index in [1.54, 1.807) is 19.2 Å². The maximum absolute atomic E-state index is 13.8. The lowest BCUT2D eigenvalue weighted by molar-refractivity contribution is 0.183. The van der Waals surface area contributed by atoms with E-state index in [1.165, 1.54) is 18.9 Å². The third kappa shape index (κ3) is 3.63. The van der Waals surface area contributed by atoms with Gasteiger partial charge in [-0.2, -0.15) is 0 Å². The lowest BCUT2D eigenvalue weighted by Crippen LogP contribution is -2.39. The number of rotatable bonds is 5. The van der Waals surface area contributed by atoms with Crippen molar-refractivity contribution in [2.24, 2.45) is 5.92 Å². The Morgan fingerprint density at radius 1 is 1.40 bits per heavy atom. The van der Waals surface area contributed by atoms with Crippen LogP contribution in [-0.4, -0.2) is 37.7 Å². The molecule has 1 heterocycles. The van der Waals surface area contributed by atoms with Crippen molar-refractivity contribution in [2.45, 2.75) is 32.7 Å². The van der Waals surface area contributed by atoms with Crippen LogP contribution in [0.15, 0.2) is 18.2 Å². The zero-order chi connectivity index (χ0) is 14.5. The van der Waals surface area contributed by atoms with Gasteiger partial charge in [-0.3, -0.25) is 0 Å². The minimum Gasteiger partial charge on any atom is -0.497 e. The Morgan fingerprint density at radius 3 is 2.70 bits per heavy atom. The summed E-state index contributed by atoms with van der Waals surface area (Å²) >= 11 is 0. The van der Waals surface area contributed by atoms with E-state index in [-0.39, 0.29) is 11.9 Å². The highest BCUT2D eigenvalue weighted by molar-refractivity contribution is 5.50. The van der Waals surface area contributed by atoms with E-state index in [4.69, 9.17) is 4.74 Å². The fraction of sp³-hybridized carbons (Fsp3) is 0.625. The Hall–Kier alpha value is -1.29. The molecule has 3 nitrogen and oxygen atoms in total. The van der Waals surface area contributed by atoms with E-state index >= 15 is 0 Å². The SMILES string of the molecule is CCN1CCC(C(C)Nc2cc(OC)ccc2F)CC1. The van der Waals surface area contributed by atoms with Crippen LogP contribution in [0.3, 0.4) is 0 Å². The molecule has 0 radical (unpaired) electrons. The molecule has 0 saturated carbocycles. The van der Waals surface area contributed by atoms with Gasteiger partial charge in [-0.25, -0.2) is 4.39 Å². The van der Waals surface area contributed by atoms with Crippen LogP contribution in [0.1, 0.15) is 26.7 Å². The van der Waals surface area contributed by atoms with E-state index in [1.807, 2.05) is 0 Å². The lowest BCUT2D eigenvalue weighted by atomic mass is 9.90. The summed E-state index contributed by atoms with van der Waals surface area (Å²) < 4.78 is 19.0. The van der Waals surface area contributed by atoms with Gasteiger partial charge in [-0.1, -0.05) is 6.92 Å². The molecule has 0 amide bonds. The van der Waals surface area contributed by atoms with Gasteiger partial charge < -0.3 is 15.0 Å². The van der Waals surface area contributed by atoms with Crippen LogP contribution in [0.2, 0.25) is 0 Å². The molecule has 1 aromatic carbocycles. The van der Waals surface area contributed by atoms with Crippen molar-refractivity contribution in [3.63, 3.8) is 0 Å². The molecule has 1 aromatic rings. The number of methoxy groups -OCH3 is 1. The maximum atomic E-state index is 13.8. The minimum absolute atomic E-state index is 0.219. The summed E-state index contributed by atoms with van der Waals surface area (Å²) in [4.78, 5) is 2.47. The fourth-order valence-corrected chi connectivity index (χ4v) is 2.87. The Bertz CT molecular complexity index is 430. The summed E-state index contributed by atoms with van der Waals surface area (Å²) in [6, 6.07) is 5.10. The number of hydrogen-bond donors (Lipinski definition) is 1. The molecule has 20 heavy (non-hydrogen) atoms. The van der Waals surface area contributed by atoms with Crippen molar-refractivity contribution in [1.29, 1.82) is 0 Å². The van der Waals surface area contributed by atoms with Crippen LogP contribution in [0.4, 0.5) is 10.1 Å². The Labute approximate surface area is 121 Å². The topological polar surface area (TPSA) is 24.5 Å². The van der Waals surface area contributed by atoms with Crippen molar-refractivity contribution in [1.82, 2.24) is 4.90 Å². The van der Waals surface area contributed by atoms with Gasteiger partial charge in [0, 0.05) is 12.1 Å². The first-order valence-corrected chi connectivity index (χ1v) is 7.46. The average Bonchev–Trinajstić information content (AvgIpc) is 2.49. The Morgan fingerprint density at radius 2 is 2.10 bits per heavy atom. The molecule has 1 aliphatic rings. The molecule has 112 valence electrons. The van der Waals surface area contributed by atoms with Gasteiger partial charge in [0.25, 0.3) is 0 Å². The highest BCUT2D eigenvalue weighted by Gasteiger charge is 2.23. The van der Waals surface area contributed by atoms with Crippen LogP contribution in [0, 0.1) is 11.7 Å². The highest BCUT2D eigenvalue weighted by Crippen LogP contribution is 2.26. The van der Waals surface area contributed by atoms with Crippen molar-refractivity contribution >= 4 is 5.69 Å². The summed E-state index contributed by atoms with van der Waals surface area (Å²) in [5.74, 6) is 1.06. The molecule has 0 spiro atoms. The van der Waals surface area contributed by atoms with Crippen LogP contribution < -0.4 is 10.1 Å². The Balaban J connectivity index is 1.96. The van der Waals surface area contributed by atoms with E-state index in [2.05, 4.69) is 24.1 Å². The van der Waals surface area contributed by atoms with Gasteiger partial charge in [-0.05, 0) is 57.5 Å². The Kier molecular flexibility index (Phi) is 5.24. The first-order chi connectivity index (χ1) is 9.63. The van der Waals surface area contributed by atoms with Gasteiger partial charge in [0.1, 0.15) is 11.6 Å². The molecule has 0 aromatic heterocycles. The summed E-state index contributed by atoms with van der Waals surface area (Å²) in [7, 11) is 1.60. The van der Waals surface area contributed by atoms with Gasteiger partial charge in [0.2, 0.25) is 0 Å². The third-order valence-corrected chi connectivity index (χ3v) is 4.34. The highest BCUT2D eigenvalue weighted by atomic mass is 19.1. The van der Waals surface area contributed by atoms with E-state index in [0.717, 1.165) is 19.6 Å². The number of hydrogen-bond acceptors (Lipinski definition) is 3. The molecule has 0 bridgehead atoms. The summed E-state index contributed by atoms with van der Waals surface area (Å²) in [5.41, 5.74) is 0.537. The summed E-state index contributed by atoms with van der Waals surface area (Å²) in [6.07, 6.45) is 2.35. The average molecular weight is 280 g/mol. The van der Waals surface area contributed by atoms with Crippen molar-refractivity contribution in [2.75, 3.05) is 32.1 Å². The molecule has 1 aliphatic heterocycles. The predicted octanol–water partition coefficient (Wildman–Crippen LogP) is 3.37. The van der Waals surface area contributed by atoms with E-state index in [0.29, 0.717) is 17.4 Å². The van der Waals surface area contributed by atoms with Crippen molar-refractivity contribution in [3.05, 3.63) is 24.0 Å². The second-order valence-electron chi connectivity index (χ2n) is 5.55. The molecule has 1 saturated heterocycles. The second kappa shape index (κ2) is 6.93. The molecule has 2 rings (SSSR count). The first-order valence-electron chi connectivity index (χ1n) is 7.46. The minimum atomic E-state index is -0.219. The standard InChI is InChI=1S/C16H25FN2O/c1-4-19-9-7-13(8-10-19)12(2)18-16-11-14(20-3)5-6-15(16)17/h5-6,11-13,18H,4,7-10H2,1-3H3. The van der Waals surface area contributed by atoms with Gasteiger partial charge >= 0.3 is 0 Å². The number of likely N-dealkylation sites (tertiary alicyclic amines) is 1. The zero-order valence-electron chi connectivity index (χ0n) is 12.7. The second-order valence-corrected chi connectivity index (χ2v) is 5.55. The molecule has 1 N–H and O–H groups in total. The number of anilines is 1. The van der Waals surface area contributed by atoms with Crippen molar-refractivity contribution < 1.29 is 9.13 Å². The van der Waals surface area contributed by atoms with Gasteiger partial charge in [0.05, 0.1) is 12.8 Å². The van der Waals surface area contributed by atoms with Crippen LogP contribution >= 0.6 is 0 Å². The third-order valence-electron chi connectivity index (χ3n) is 4.34. The molecular weight excluding hydrogens is 255 g/mol. The van der Waals surface area contributed by atoms with E-state index in [9.17, 15) is 4.39 Å². The van der Waals surface area contributed by atoms with Crippen LogP contribution in [0.25, 0.3) is 0 Å². The molecule has 1 atom stereocenters. The number of ether oxygens (including phenoxy) is 1. The normalized spacial score (nSPS) is 18.8. The lowest BCUT2D eigenvalue weighted by Gasteiger charge is -2.35. The predicted molar refractivity (Wildman–Crippen MR) is 80.9 cm³/mol. The van der Waals surface area contributed by atoms with Crippen LogP contribution in [0.5, 0.6) is 5.75 Å².